The van der Waals surface area contributed by atoms with Gasteiger partial charge < -0.3 is 10.6 Å². The highest BCUT2D eigenvalue weighted by Gasteiger charge is 2.37. The van der Waals surface area contributed by atoms with Crippen LogP contribution in [0.25, 0.3) is 0 Å². The number of nitriles is 1. The van der Waals surface area contributed by atoms with Crippen molar-refractivity contribution in [1.29, 1.82) is 5.26 Å². The van der Waals surface area contributed by atoms with Crippen molar-refractivity contribution >= 4 is 33.6 Å². The van der Waals surface area contributed by atoms with Crippen LogP contribution in [0.3, 0.4) is 0 Å². The van der Waals surface area contributed by atoms with Gasteiger partial charge in [-0.05, 0) is 67.2 Å². The lowest BCUT2D eigenvalue weighted by atomic mass is 9.82. The summed E-state index contributed by atoms with van der Waals surface area (Å²) in [5.74, 6) is 0.139. The molecule has 2 unspecified atom stereocenters. The Bertz CT molecular complexity index is 770. The second-order valence-electron chi connectivity index (χ2n) is 8.10. The predicted molar refractivity (Wildman–Crippen MR) is 114 cm³/mol. The maximum absolute atomic E-state index is 12.9. The number of amides is 2. The second kappa shape index (κ2) is 9.68. The van der Waals surface area contributed by atoms with Gasteiger partial charge in [-0.25, -0.2) is 4.98 Å². The highest BCUT2D eigenvalue weighted by atomic mass is 79.9. The molecule has 1 aromatic heterocycles. The number of aromatic nitrogens is 1. The lowest BCUT2D eigenvalue weighted by molar-refractivity contribution is -0.130. The van der Waals surface area contributed by atoms with Crippen LogP contribution in [-0.2, 0) is 9.59 Å². The van der Waals surface area contributed by atoms with E-state index in [0.717, 1.165) is 43.1 Å². The maximum atomic E-state index is 12.9. The van der Waals surface area contributed by atoms with Crippen LogP contribution < -0.4 is 10.6 Å². The van der Waals surface area contributed by atoms with E-state index in [-0.39, 0.29) is 23.8 Å². The zero-order valence-corrected chi connectivity index (χ0v) is 18.4. The third-order valence-electron chi connectivity index (χ3n) is 6.01. The summed E-state index contributed by atoms with van der Waals surface area (Å²) >= 11 is 3.33. The van der Waals surface area contributed by atoms with Gasteiger partial charge in [0.05, 0.1) is 18.0 Å². The van der Waals surface area contributed by atoms with Gasteiger partial charge in [-0.1, -0.05) is 19.3 Å². The number of pyridine rings is 1. The Balaban J connectivity index is 1.57. The molecule has 1 aliphatic heterocycles. The first-order chi connectivity index (χ1) is 13.9. The van der Waals surface area contributed by atoms with Crippen LogP contribution >= 0.6 is 15.9 Å². The zero-order valence-electron chi connectivity index (χ0n) is 16.8. The summed E-state index contributed by atoms with van der Waals surface area (Å²) in [7, 11) is 0. The molecule has 0 radical (unpaired) electrons. The van der Waals surface area contributed by atoms with Crippen LogP contribution in [0, 0.1) is 17.2 Å². The molecule has 1 aromatic rings. The van der Waals surface area contributed by atoms with Gasteiger partial charge in [0.25, 0.3) is 0 Å². The lowest BCUT2D eigenvalue weighted by Gasteiger charge is -2.38. The zero-order chi connectivity index (χ0) is 20.9. The minimum atomic E-state index is -0.733. The molecule has 0 aromatic carbocycles. The van der Waals surface area contributed by atoms with Gasteiger partial charge >= 0.3 is 0 Å². The smallest absolute Gasteiger partial charge is 0.238 e. The third-order valence-corrected chi connectivity index (χ3v) is 6.48. The van der Waals surface area contributed by atoms with E-state index >= 15 is 0 Å². The van der Waals surface area contributed by atoms with Crippen molar-refractivity contribution in [3.05, 3.63) is 22.8 Å². The number of hydrogen-bond acceptors (Lipinski definition) is 5. The summed E-state index contributed by atoms with van der Waals surface area (Å²) in [4.78, 5) is 31.8. The average molecular weight is 462 g/mol. The molecule has 1 saturated carbocycles. The highest BCUT2D eigenvalue weighted by Crippen LogP contribution is 2.28. The first-order valence-corrected chi connectivity index (χ1v) is 11.1. The molecule has 29 heavy (non-hydrogen) atoms. The number of rotatable bonds is 5. The number of nitrogens with one attached hydrogen (secondary N) is 2. The normalized spacial score (nSPS) is 22.9. The molecule has 1 aliphatic carbocycles. The Morgan fingerprint density at radius 1 is 1.31 bits per heavy atom. The van der Waals surface area contributed by atoms with Crippen molar-refractivity contribution < 1.29 is 9.59 Å². The monoisotopic (exact) mass is 461 g/mol. The molecule has 1 saturated heterocycles. The van der Waals surface area contributed by atoms with Crippen molar-refractivity contribution in [2.75, 3.05) is 18.4 Å². The number of halogens is 1. The van der Waals surface area contributed by atoms with Gasteiger partial charge in [0, 0.05) is 17.2 Å². The second-order valence-corrected chi connectivity index (χ2v) is 9.02. The molecule has 0 bridgehead atoms. The Labute approximate surface area is 180 Å². The van der Waals surface area contributed by atoms with Crippen molar-refractivity contribution in [3.63, 3.8) is 0 Å². The number of carbonyl (C=O) groups excluding carboxylic acids is 2. The predicted octanol–water partition coefficient (Wildman–Crippen LogP) is 3.23. The summed E-state index contributed by atoms with van der Waals surface area (Å²) in [5, 5.41) is 15.5. The molecule has 2 heterocycles. The molecule has 7 nitrogen and oxygen atoms in total. The Morgan fingerprint density at radius 3 is 2.72 bits per heavy atom. The fourth-order valence-corrected chi connectivity index (χ4v) is 4.41. The van der Waals surface area contributed by atoms with E-state index in [9.17, 15) is 14.9 Å². The number of nitrogens with zero attached hydrogens (tertiary/aromatic N) is 3. The molecule has 2 aliphatic rings. The minimum absolute atomic E-state index is 0.0714. The van der Waals surface area contributed by atoms with Crippen molar-refractivity contribution in [2.45, 2.75) is 63.5 Å². The largest absolute Gasteiger partial charge is 0.336 e. The summed E-state index contributed by atoms with van der Waals surface area (Å²) < 4.78 is 0.854. The summed E-state index contributed by atoms with van der Waals surface area (Å²) in [6.45, 7) is 3.16. The quantitative estimate of drug-likeness (QED) is 0.700. The van der Waals surface area contributed by atoms with Crippen LogP contribution in [-0.4, -0.2) is 46.4 Å². The first-order valence-electron chi connectivity index (χ1n) is 10.3. The van der Waals surface area contributed by atoms with Gasteiger partial charge in [-0.3, -0.25) is 14.5 Å². The first kappa shape index (κ1) is 21.7. The molecule has 2 N–H and O–H groups in total. The van der Waals surface area contributed by atoms with E-state index in [1.165, 1.54) is 0 Å². The molecule has 3 rings (SSSR count). The number of likely N-dealkylation sites (tertiary alicyclic amines) is 1. The van der Waals surface area contributed by atoms with Crippen molar-refractivity contribution in [1.82, 2.24) is 15.2 Å². The van der Waals surface area contributed by atoms with Crippen LogP contribution in [0.5, 0.6) is 0 Å². The molecule has 156 valence electrons. The summed E-state index contributed by atoms with van der Waals surface area (Å²) in [6.07, 6.45) is 7.77. The molecule has 8 heteroatoms. The minimum Gasteiger partial charge on any atom is -0.336 e. The number of piperidine rings is 1. The molecular weight excluding hydrogens is 434 g/mol. The summed E-state index contributed by atoms with van der Waals surface area (Å²) in [6, 6.07) is 5.55. The van der Waals surface area contributed by atoms with E-state index in [0.29, 0.717) is 25.2 Å². The fourth-order valence-electron chi connectivity index (χ4n) is 4.18. The number of hydrogen-bond donors (Lipinski definition) is 2. The van der Waals surface area contributed by atoms with E-state index in [1.54, 1.807) is 12.3 Å². The average Bonchev–Trinajstić information content (AvgIpc) is 2.75. The Morgan fingerprint density at radius 2 is 2.07 bits per heavy atom. The third kappa shape index (κ3) is 5.55. The van der Waals surface area contributed by atoms with Crippen molar-refractivity contribution in [2.24, 2.45) is 5.92 Å². The van der Waals surface area contributed by atoms with E-state index < -0.39 is 5.54 Å². The van der Waals surface area contributed by atoms with E-state index in [2.05, 4.69) is 37.6 Å². The molecular formula is C21H28BrN5O2. The summed E-state index contributed by atoms with van der Waals surface area (Å²) in [5.41, 5.74) is -0.733. The van der Waals surface area contributed by atoms with Gasteiger partial charge in [0.15, 0.2) is 0 Å². The molecule has 2 atom stereocenters. The van der Waals surface area contributed by atoms with Crippen LogP contribution in [0.2, 0.25) is 0 Å². The van der Waals surface area contributed by atoms with E-state index in [1.807, 2.05) is 17.9 Å². The standard InChI is InChI=1S/C21H28BrN5O2/c1-15(19(28)26-21(14-23)9-3-2-4-10-21)27-11-5-6-16(13-27)20(29)25-18-8-7-17(22)12-24-18/h7-8,12,15-16H,2-6,9-11,13H2,1H3,(H,26,28)(H,24,25,29). The fraction of sp³-hybridized carbons (Fsp3) is 0.619. The number of anilines is 1. The van der Waals surface area contributed by atoms with Crippen molar-refractivity contribution in [3.8, 4) is 6.07 Å². The molecule has 2 amide bonds. The van der Waals surface area contributed by atoms with Gasteiger partial charge in [0.1, 0.15) is 11.4 Å². The van der Waals surface area contributed by atoms with Gasteiger partial charge in [-0.15, -0.1) is 0 Å². The lowest BCUT2D eigenvalue weighted by Crippen LogP contribution is -2.56. The topological polar surface area (TPSA) is 98.1 Å². The maximum Gasteiger partial charge on any atom is 0.238 e. The Hall–Kier alpha value is -1.98. The number of carbonyl (C=O) groups is 2. The van der Waals surface area contributed by atoms with Crippen LogP contribution in [0.15, 0.2) is 22.8 Å². The Kier molecular flexibility index (Phi) is 7.25. The van der Waals surface area contributed by atoms with Crippen LogP contribution in [0.4, 0.5) is 5.82 Å². The SMILES string of the molecule is CC(C(=O)NC1(C#N)CCCCC1)N1CCCC(C(=O)Nc2ccc(Br)cn2)C1. The highest BCUT2D eigenvalue weighted by molar-refractivity contribution is 9.10. The van der Waals surface area contributed by atoms with Gasteiger partial charge in [-0.2, -0.15) is 5.26 Å². The molecule has 0 spiro atoms. The van der Waals surface area contributed by atoms with E-state index in [4.69, 9.17) is 0 Å². The van der Waals surface area contributed by atoms with Crippen LogP contribution in [0.1, 0.15) is 51.9 Å². The molecule has 2 fully saturated rings. The van der Waals surface area contributed by atoms with Gasteiger partial charge in [0.2, 0.25) is 11.8 Å².